The van der Waals surface area contributed by atoms with Crippen molar-refractivity contribution < 1.29 is 0 Å². The maximum Gasteiger partial charge on any atom is 0.0456 e. The first-order valence-corrected chi connectivity index (χ1v) is 4.47. The van der Waals surface area contributed by atoms with Crippen molar-refractivity contribution in [3.63, 3.8) is 0 Å². The van der Waals surface area contributed by atoms with Gasteiger partial charge in [-0.2, -0.15) is 0 Å². The Hall–Kier alpha value is -0.530. The summed E-state index contributed by atoms with van der Waals surface area (Å²) in [5.74, 6) is 0. The second kappa shape index (κ2) is 3.92. The molecule has 0 heterocycles. The lowest BCUT2D eigenvalue weighted by atomic mass is 10.0. The second-order valence-electron chi connectivity index (χ2n) is 2.98. The van der Waals surface area contributed by atoms with E-state index in [9.17, 15) is 0 Å². The number of hydrogen-bond acceptors (Lipinski definition) is 1. The fraction of sp³-hybridized carbons (Fsp3) is 0.400. The summed E-state index contributed by atoms with van der Waals surface area (Å²) in [6, 6.07) is 6.30. The SMILES string of the molecule is CN[C@H](C)c1c(C)cccc1Cl. The van der Waals surface area contributed by atoms with Gasteiger partial charge in [0.05, 0.1) is 0 Å². The van der Waals surface area contributed by atoms with Crippen LogP contribution in [-0.4, -0.2) is 7.05 Å². The predicted octanol–water partition coefficient (Wildman–Crippen LogP) is 2.93. The first kappa shape index (κ1) is 9.56. The lowest BCUT2D eigenvalue weighted by molar-refractivity contribution is 0.649. The van der Waals surface area contributed by atoms with Crippen LogP contribution in [0.3, 0.4) is 0 Å². The Morgan fingerprint density at radius 1 is 1.42 bits per heavy atom. The van der Waals surface area contributed by atoms with Gasteiger partial charge in [-0.3, -0.25) is 0 Å². The van der Waals surface area contributed by atoms with E-state index < -0.39 is 0 Å². The zero-order chi connectivity index (χ0) is 9.14. The molecular formula is C10H14ClN. The van der Waals surface area contributed by atoms with E-state index in [-0.39, 0.29) is 0 Å². The number of hydrogen-bond donors (Lipinski definition) is 1. The van der Waals surface area contributed by atoms with E-state index >= 15 is 0 Å². The summed E-state index contributed by atoms with van der Waals surface area (Å²) in [7, 11) is 1.94. The summed E-state index contributed by atoms with van der Waals surface area (Å²) >= 11 is 6.06. The first-order valence-electron chi connectivity index (χ1n) is 4.09. The van der Waals surface area contributed by atoms with Gasteiger partial charge in [-0.1, -0.05) is 23.7 Å². The highest BCUT2D eigenvalue weighted by molar-refractivity contribution is 6.31. The van der Waals surface area contributed by atoms with E-state index in [1.54, 1.807) is 0 Å². The van der Waals surface area contributed by atoms with Gasteiger partial charge in [0.15, 0.2) is 0 Å². The van der Waals surface area contributed by atoms with Crippen LogP contribution in [0.25, 0.3) is 0 Å². The highest BCUT2D eigenvalue weighted by Crippen LogP contribution is 2.25. The van der Waals surface area contributed by atoms with Crippen LogP contribution in [0.15, 0.2) is 18.2 Å². The molecule has 0 amide bonds. The number of benzene rings is 1. The van der Waals surface area contributed by atoms with Gasteiger partial charge < -0.3 is 5.32 Å². The molecule has 0 aliphatic carbocycles. The zero-order valence-corrected chi connectivity index (χ0v) is 8.44. The van der Waals surface area contributed by atoms with Crippen molar-refractivity contribution in [2.24, 2.45) is 0 Å². The lowest BCUT2D eigenvalue weighted by Gasteiger charge is -2.15. The predicted molar refractivity (Wildman–Crippen MR) is 53.7 cm³/mol. The molecule has 1 atom stereocenters. The van der Waals surface area contributed by atoms with Crippen LogP contribution in [0.1, 0.15) is 24.1 Å². The fourth-order valence-corrected chi connectivity index (χ4v) is 1.72. The van der Waals surface area contributed by atoms with Crippen LogP contribution in [0.4, 0.5) is 0 Å². The number of aryl methyl sites for hydroxylation is 1. The molecule has 0 spiro atoms. The van der Waals surface area contributed by atoms with E-state index in [4.69, 9.17) is 11.6 Å². The standard InChI is InChI=1S/C10H14ClN/c1-7-5-4-6-9(11)10(7)8(2)12-3/h4-6,8,12H,1-3H3/t8-/m1/s1. The van der Waals surface area contributed by atoms with Crippen LogP contribution >= 0.6 is 11.6 Å². The number of nitrogens with one attached hydrogen (secondary N) is 1. The monoisotopic (exact) mass is 183 g/mol. The molecule has 2 heteroatoms. The highest BCUT2D eigenvalue weighted by Gasteiger charge is 2.09. The van der Waals surface area contributed by atoms with E-state index in [1.807, 2.05) is 19.2 Å². The van der Waals surface area contributed by atoms with Gasteiger partial charge in [-0.15, -0.1) is 0 Å². The van der Waals surface area contributed by atoms with Crippen molar-refractivity contribution in [2.45, 2.75) is 19.9 Å². The van der Waals surface area contributed by atoms with E-state index in [0.29, 0.717) is 6.04 Å². The fourth-order valence-electron chi connectivity index (χ4n) is 1.34. The van der Waals surface area contributed by atoms with Crippen molar-refractivity contribution in [2.75, 3.05) is 7.05 Å². The van der Waals surface area contributed by atoms with Crippen molar-refractivity contribution in [3.05, 3.63) is 34.3 Å². The Balaban J connectivity index is 3.12. The van der Waals surface area contributed by atoms with Crippen LogP contribution in [-0.2, 0) is 0 Å². The number of rotatable bonds is 2. The molecule has 0 fully saturated rings. The molecule has 1 N–H and O–H groups in total. The molecule has 1 aromatic rings. The largest absolute Gasteiger partial charge is 0.313 e. The molecule has 12 heavy (non-hydrogen) atoms. The number of halogens is 1. The second-order valence-corrected chi connectivity index (χ2v) is 3.39. The summed E-state index contributed by atoms with van der Waals surface area (Å²) in [6.45, 7) is 4.18. The minimum atomic E-state index is 0.318. The van der Waals surface area contributed by atoms with Crippen molar-refractivity contribution in [1.29, 1.82) is 0 Å². The van der Waals surface area contributed by atoms with E-state index in [0.717, 1.165) is 5.02 Å². The van der Waals surface area contributed by atoms with Crippen LogP contribution in [0.2, 0.25) is 5.02 Å². The van der Waals surface area contributed by atoms with Gasteiger partial charge >= 0.3 is 0 Å². The smallest absolute Gasteiger partial charge is 0.0456 e. The molecule has 0 bridgehead atoms. The van der Waals surface area contributed by atoms with Gasteiger partial charge in [0.25, 0.3) is 0 Å². The molecule has 0 unspecified atom stereocenters. The van der Waals surface area contributed by atoms with Gasteiger partial charge in [0.1, 0.15) is 0 Å². The molecule has 0 aromatic heterocycles. The molecule has 0 saturated carbocycles. The third-order valence-electron chi connectivity index (χ3n) is 2.14. The summed E-state index contributed by atoms with van der Waals surface area (Å²) in [5, 5.41) is 4.02. The third-order valence-corrected chi connectivity index (χ3v) is 2.47. The summed E-state index contributed by atoms with van der Waals surface area (Å²) in [5.41, 5.74) is 2.44. The van der Waals surface area contributed by atoms with Crippen molar-refractivity contribution in [3.8, 4) is 0 Å². The quantitative estimate of drug-likeness (QED) is 0.744. The van der Waals surface area contributed by atoms with Gasteiger partial charge in [0, 0.05) is 11.1 Å². The van der Waals surface area contributed by atoms with Crippen LogP contribution in [0.5, 0.6) is 0 Å². The molecule has 0 radical (unpaired) electrons. The molecule has 66 valence electrons. The van der Waals surface area contributed by atoms with Gasteiger partial charge in [-0.05, 0) is 38.1 Å². The molecule has 0 saturated heterocycles. The van der Waals surface area contributed by atoms with E-state index in [2.05, 4.69) is 25.2 Å². The lowest BCUT2D eigenvalue weighted by Crippen LogP contribution is -2.13. The van der Waals surface area contributed by atoms with Crippen LogP contribution in [0, 0.1) is 6.92 Å². The van der Waals surface area contributed by atoms with Crippen molar-refractivity contribution >= 4 is 11.6 Å². The molecule has 0 aliphatic heterocycles. The van der Waals surface area contributed by atoms with Gasteiger partial charge in [-0.25, -0.2) is 0 Å². The average molecular weight is 184 g/mol. The van der Waals surface area contributed by atoms with Crippen molar-refractivity contribution in [1.82, 2.24) is 5.32 Å². The maximum atomic E-state index is 6.06. The Bertz CT molecular complexity index is 250. The van der Waals surface area contributed by atoms with E-state index in [1.165, 1.54) is 11.1 Å². The average Bonchev–Trinajstić information content (AvgIpc) is 2.03. The normalized spacial score (nSPS) is 13.0. The first-order chi connectivity index (χ1) is 5.66. The molecule has 1 aromatic carbocycles. The molecule has 1 nitrogen and oxygen atoms in total. The highest BCUT2D eigenvalue weighted by atomic mass is 35.5. The molecular weight excluding hydrogens is 170 g/mol. The Labute approximate surface area is 78.7 Å². The summed E-state index contributed by atoms with van der Waals surface area (Å²) in [6.07, 6.45) is 0. The van der Waals surface area contributed by atoms with Crippen LogP contribution < -0.4 is 5.32 Å². The Morgan fingerprint density at radius 2 is 2.08 bits per heavy atom. The zero-order valence-electron chi connectivity index (χ0n) is 7.69. The summed E-state index contributed by atoms with van der Waals surface area (Å²) < 4.78 is 0. The molecule has 1 rings (SSSR count). The minimum Gasteiger partial charge on any atom is -0.313 e. The summed E-state index contributed by atoms with van der Waals surface area (Å²) in [4.78, 5) is 0. The van der Waals surface area contributed by atoms with Gasteiger partial charge in [0.2, 0.25) is 0 Å². The maximum absolute atomic E-state index is 6.06. The molecule has 0 aliphatic rings. The third kappa shape index (κ3) is 1.79. The Morgan fingerprint density at radius 3 is 2.58 bits per heavy atom. The Kier molecular flexibility index (Phi) is 3.12. The minimum absolute atomic E-state index is 0.318. The topological polar surface area (TPSA) is 12.0 Å².